The molecule has 0 radical (unpaired) electrons. The lowest BCUT2D eigenvalue weighted by molar-refractivity contribution is 0.0822. The minimum atomic E-state index is 0.302. The second-order valence-electron chi connectivity index (χ2n) is 3.43. The maximum Gasteiger partial charge on any atom is 0.0856 e. The molecule has 0 aromatic carbocycles. The van der Waals surface area contributed by atoms with Crippen molar-refractivity contribution in [3.05, 3.63) is 0 Å². The van der Waals surface area contributed by atoms with Crippen molar-refractivity contribution >= 4 is 0 Å². The maximum atomic E-state index is 5.89. The lowest BCUT2D eigenvalue weighted by Gasteiger charge is -2.31. The fourth-order valence-corrected chi connectivity index (χ4v) is 1.90. The summed E-state index contributed by atoms with van der Waals surface area (Å²) in [5, 5.41) is 0. The first-order valence-electron chi connectivity index (χ1n) is 3.83. The molecular weight excluding hydrogens is 128 g/mol. The molecule has 0 aromatic rings. The molecule has 3 nitrogen and oxygen atoms in total. The third-order valence-corrected chi connectivity index (χ3v) is 2.54. The van der Waals surface area contributed by atoms with E-state index in [1.807, 2.05) is 0 Å². The molecule has 0 spiro atoms. The van der Waals surface area contributed by atoms with Crippen LogP contribution in [-0.4, -0.2) is 43.8 Å². The highest BCUT2D eigenvalue weighted by Crippen LogP contribution is 2.24. The summed E-state index contributed by atoms with van der Waals surface area (Å²) in [6.45, 7) is 2.99. The van der Waals surface area contributed by atoms with Crippen LogP contribution in [0, 0.1) is 5.92 Å². The monoisotopic (exact) mass is 142 g/mol. The normalized spacial score (nSPS) is 48.0. The van der Waals surface area contributed by atoms with Crippen LogP contribution in [0.5, 0.6) is 0 Å². The minimum Gasteiger partial charge on any atom is -0.375 e. The van der Waals surface area contributed by atoms with Gasteiger partial charge in [0.1, 0.15) is 0 Å². The highest BCUT2D eigenvalue weighted by molar-refractivity contribution is 4.93. The van der Waals surface area contributed by atoms with Gasteiger partial charge in [-0.2, -0.15) is 0 Å². The molecule has 3 heteroatoms. The number of nitrogens with two attached hydrogens (primary N) is 1. The van der Waals surface area contributed by atoms with Crippen molar-refractivity contribution in [2.75, 3.05) is 26.7 Å². The fraction of sp³-hybridized carbons (Fsp3) is 1.00. The van der Waals surface area contributed by atoms with E-state index in [9.17, 15) is 0 Å². The molecule has 2 aliphatic rings. The van der Waals surface area contributed by atoms with Crippen LogP contribution in [0.25, 0.3) is 0 Å². The van der Waals surface area contributed by atoms with Gasteiger partial charge < -0.3 is 15.4 Å². The molecule has 2 aliphatic heterocycles. The summed E-state index contributed by atoms with van der Waals surface area (Å²) in [6.07, 6.45) is 0.309. The van der Waals surface area contributed by atoms with Gasteiger partial charge in [-0.05, 0) is 7.05 Å². The minimum absolute atomic E-state index is 0.302. The highest BCUT2D eigenvalue weighted by atomic mass is 16.5. The van der Waals surface area contributed by atoms with Gasteiger partial charge in [-0.1, -0.05) is 0 Å². The Hall–Kier alpha value is -0.120. The van der Waals surface area contributed by atoms with Crippen LogP contribution in [0.4, 0.5) is 0 Å². The first-order chi connectivity index (χ1) is 4.77. The van der Waals surface area contributed by atoms with Gasteiger partial charge in [-0.3, -0.25) is 0 Å². The summed E-state index contributed by atoms with van der Waals surface area (Å²) >= 11 is 0. The molecule has 0 aromatic heterocycles. The fourth-order valence-electron chi connectivity index (χ4n) is 1.90. The number of hydrogen-bond acceptors (Lipinski definition) is 3. The van der Waals surface area contributed by atoms with E-state index in [0.29, 0.717) is 18.1 Å². The molecular formula is C7H14N2O. The highest BCUT2D eigenvalue weighted by Gasteiger charge is 2.39. The Morgan fingerprint density at radius 2 is 2.30 bits per heavy atom. The summed E-state index contributed by atoms with van der Waals surface area (Å²) in [5.74, 6) is 0.587. The second kappa shape index (κ2) is 2.19. The van der Waals surface area contributed by atoms with E-state index in [4.69, 9.17) is 10.5 Å². The SMILES string of the molecule is CN1CC2OC[C@@H](C1)[C@H]2N. The number of fused-ring (bicyclic) bond motifs is 2. The largest absolute Gasteiger partial charge is 0.375 e. The average molecular weight is 142 g/mol. The summed E-state index contributed by atoms with van der Waals surface area (Å²) in [5.41, 5.74) is 5.89. The zero-order valence-corrected chi connectivity index (χ0v) is 6.29. The molecule has 10 heavy (non-hydrogen) atoms. The first-order valence-corrected chi connectivity index (χ1v) is 3.83. The van der Waals surface area contributed by atoms with E-state index in [1.165, 1.54) is 0 Å². The standard InChI is InChI=1S/C7H14N2O/c1-9-2-5-4-10-6(3-9)7(5)8/h5-7H,2-4,8H2,1H3/t5-,6?,7-/m1/s1. The Kier molecular flexibility index (Phi) is 1.44. The van der Waals surface area contributed by atoms with E-state index < -0.39 is 0 Å². The summed E-state index contributed by atoms with van der Waals surface area (Å²) in [7, 11) is 2.13. The Balaban J connectivity index is 2.09. The van der Waals surface area contributed by atoms with Gasteiger partial charge in [0.15, 0.2) is 0 Å². The van der Waals surface area contributed by atoms with E-state index in [0.717, 1.165) is 19.7 Å². The van der Waals surface area contributed by atoms with Crippen molar-refractivity contribution in [1.29, 1.82) is 0 Å². The summed E-state index contributed by atoms with van der Waals surface area (Å²) < 4.78 is 5.49. The van der Waals surface area contributed by atoms with Gasteiger partial charge in [-0.25, -0.2) is 0 Å². The van der Waals surface area contributed by atoms with Crippen LogP contribution in [0.3, 0.4) is 0 Å². The number of hydrogen-bond donors (Lipinski definition) is 1. The number of rotatable bonds is 0. The van der Waals surface area contributed by atoms with Crippen LogP contribution < -0.4 is 5.73 Å². The van der Waals surface area contributed by atoms with Crippen LogP contribution in [0.15, 0.2) is 0 Å². The van der Waals surface area contributed by atoms with Crippen molar-refractivity contribution < 1.29 is 4.74 Å². The van der Waals surface area contributed by atoms with E-state index in [2.05, 4.69) is 11.9 Å². The van der Waals surface area contributed by atoms with Crippen LogP contribution >= 0.6 is 0 Å². The second-order valence-corrected chi connectivity index (χ2v) is 3.43. The molecule has 2 bridgehead atoms. The molecule has 2 fully saturated rings. The van der Waals surface area contributed by atoms with Gasteiger partial charge in [-0.15, -0.1) is 0 Å². The van der Waals surface area contributed by atoms with E-state index in [1.54, 1.807) is 0 Å². The molecule has 2 saturated heterocycles. The van der Waals surface area contributed by atoms with Gasteiger partial charge >= 0.3 is 0 Å². The first kappa shape index (κ1) is 6.58. The smallest absolute Gasteiger partial charge is 0.0856 e. The van der Waals surface area contributed by atoms with Crippen molar-refractivity contribution in [2.24, 2.45) is 11.7 Å². The topological polar surface area (TPSA) is 38.5 Å². The number of ether oxygens (including phenoxy) is 1. The predicted octanol–water partition coefficient (Wildman–Crippen LogP) is -0.726. The summed E-state index contributed by atoms with van der Waals surface area (Å²) in [4.78, 5) is 2.30. The molecule has 58 valence electrons. The Morgan fingerprint density at radius 3 is 3.00 bits per heavy atom. The molecule has 2 N–H and O–H groups in total. The van der Waals surface area contributed by atoms with Crippen LogP contribution in [-0.2, 0) is 4.74 Å². The number of likely N-dealkylation sites (N-methyl/N-ethyl adjacent to an activating group) is 1. The van der Waals surface area contributed by atoms with Crippen molar-refractivity contribution in [3.63, 3.8) is 0 Å². The average Bonchev–Trinajstić information content (AvgIpc) is 2.20. The maximum absolute atomic E-state index is 5.89. The molecule has 0 amide bonds. The van der Waals surface area contributed by atoms with Gasteiger partial charge in [0, 0.05) is 25.0 Å². The Morgan fingerprint density at radius 1 is 1.50 bits per heavy atom. The van der Waals surface area contributed by atoms with Crippen molar-refractivity contribution in [3.8, 4) is 0 Å². The Labute approximate surface area is 61.1 Å². The molecule has 0 saturated carbocycles. The molecule has 2 heterocycles. The quantitative estimate of drug-likeness (QED) is 0.485. The van der Waals surface area contributed by atoms with Gasteiger partial charge in [0.25, 0.3) is 0 Å². The zero-order chi connectivity index (χ0) is 7.14. The van der Waals surface area contributed by atoms with Gasteiger partial charge in [0.05, 0.1) is 12.7 Å². The Bertz CT molecular complexity index is 126. The number of piperidine rings is 1. The predicted molar refractivity (Wildman–Crippen MR) is 38.7 cm³/mol. The van der Waals surface area contributed by atoms with Crippen molar-refractivity contribution in [1.82, 2.24) is 4.90 Å². The van der Waals surface area contributed by atoms with Crippen molar-refractivity contribution in [2.45, 2.75) is 12.1 Å². The molecule has 1 unspecified atom stereocenters. The third-order valence-electron chi connectivity index (χ3n) is 2.54. The lowest BCUT2D eigenvalue weighted by Crippen LogP contribution is -2.50. The van der Waals surface area contributed by atoms with Gasteiger partial charge in [0.2, 0.25) is 0 Å². The lowest BCUT2D eigenvalue weighted by atomic mass is 9.95. The molecule has 3 atom stereocenters. The molecule has 2 rings (SSSR count). The summed E-state index contributed by atoms with van der Waals surface area (Å²) in [6, 6.07) is 0.302. The third kappa shape index (κ3) is 0.856. The number of nitrogens with zero attached hydrogens (tertiary/aromatic N) is 1. The van der Waals surface area contributed by atoms with Crippen LogP contribution in [0.1, 0.15) is 0 Å². The number of likely N-dealkylation sites (tertiary alicyclic amines) is 1. The molecule has 0 aliphatic carbocycles. The van der Waals surface area contributed by atoms with Crippen LogP contribution in [0.2, 0.25) is 0 Å². The van der Waals surface area contributed by atoms with E-state index in [-0.39, 0.29) is 0 Å². The zero-order valence-electron chi connectivity index (χ0n) is 6.29. The van der Waals surface area contributed by atoms with E-state index >= 15 is 0 Å².